The van der Waals surface area contributed by atoms with Crippen LogP contribution in [0.25, 0.3) is 0 Å². The second-order valence-corrected chi connectivity index (χ2v) is 3.35. The van der Waals surface area contributed by atoms with Crippen LogP contribution < -0.4 is 5.32 Å². The highest BCUT2D eigenvalue weighted by Crippen LogP contribution is 2.36. The lowest BCUT2D eigenvalue weighted by Crippen LogP contribution is -2.43. The molecule has 1 rings (SSSR count). The molecule has 0 atom stereocenters. The average molecular weight is 280 g/mol. The fourth-order valence-corrected chi connectivity index (χ4v) is 1.06. The fraction of sp³-hybridized carbons (Fsp3) is 0.300. The number of hydrogen-bond donors (Lipinski definition) is 2. The highest BCUT2D eigenvalue weighted by atomic mass is 19.4. The summed E-state index contributed by atoms with van der Waals surface area (Å²) >= 11 is 0. The van der Waals surface area contributed by atoms with Gasteiger partial charge in [-0.05, 0) is 12.1 Å². The second kappa shape index (κ2) is 5.29. The summed E-state index contributed by atoms with van der Waals surface area (Å²) < 4.78 is 61.8. The smallest absolute Gasteiger partial charge is 0.371 e. The molecule has 0 unspecified atom stereocenters. The van der Waals surface area contributed by atoms with Crippen molar-refractivity contribution < 1.29 is 22.0 Å². The van der Waals surface area contributed by atoms with Gasteiger partial charge in [0.05, 0.1) is 0 Å². The van der Waals surface area contributed by atoms with Crippen molar-refractivity contribution in [2.45, 2.75) is 12.1 Å². The number of alkyl halides is 5. The zero-order chi connectivity index (χ0) is 14.7. The molecule has 0 aliphatic rings. The zero-order valence-electron chi connectivity index (χ0n) is 9.59. The van der Waals surface area contributed by atoms with Gasteiger partial charge in [-0.3, -0.25) is 10.4 Å². The Morgan fingerprint density at radius 3 is 2.32 bits per heavy atom. The highest BCUT2D eigenvalue weighted by Gasteiger charge is 2.61. The van der Waals surface area contributed by atoms with E-state index in [2.05, 4.69) is 15.3 Å². The lowest BCUT2D eigenvalue weighted by molar-refractivity contribution is -0.249. The highest BCUT2D eigenvalue weighted by molar-refractivity contribution is 6.06. The van der Waals surface area contributed by atoms with Gasteiger partial charge >= 0.3 is 12.1 Å². The predicted octanol–water partition coefficient (Wildman–Crippen LogP) is 2.22. The van der Waals surface area contributed by atoms with Crippen molar-refractivity contribution in [3.05, 3.63) is 30.1 Å². The minimum Gasteiger partial charge on any atom is -0.371 e. The number of pyridine rings is 1. The molecule has 0 spiro atoms. The van der Waals surface area contributed by atoms with E-state index >= 15 is 0 Å². The van der Waals surface area contributed by atoms with Gasteiger partial charge in [0.15, 0.2) is 5.84 Å². The van der Waals surface area contributed by atoms with Crippen LogP contribution in [0.4, 0.5) is 22.0 Å². The van der Waals surface area contributed by atoms with Crippen LogP contribution in [-0.4, -0.2) is 35.8 Å². The number of aromatic nitrogens is 1. The number of halogens is 5. The van der Waals surface area contributed by atoms with Crippen LogP contribution >= 0.6 is 0 Å². The summed E-state index contributed by atoms with van der Waals surface area (Å²) in [6.45, 7) is 0. The Labute approximate surface area is 104 Å². The second-order valence-electron chi connectivity index (χ2n) is 3.35. The number of hydrogen-bond acceptors (Lipinski definition) is 2. The molecule has 0 aliphatic carbocycles. The van der Waals surface area contributed by atoms with Crippen molar-refractivity contribution in [3.63, 3.8) is 0 Å². The third-order valence-corrected chi connectivity index (χ3v) is 2.02. The van der Waals surface area contributed by atoms with E-state index in [-0.39, 0.29) is 11.5 Å². The maximum Gasteiger partial charge on any atom is 0.461 e. The maximum absolute atomic E-state index is 12.8. The molecule has 0 bridgehead atoms. The quantitative estimate of drug-likeness (QED) is 0.496. The molecule has 0 radical (unpaired) electrons. The zero-order valence-corrected chi connectivity index (χ0v) is 9.59. The first-order chi connectivity index (χ1) is 8.70. The minimum absolute atomic E-state index is 0.0488. The topological polar surface area (TPSA) is 61.1 Å². The molecule has 0 saturated carbocycles. The van der Waals surface area contributed by atoms with E-state index in [0.29, 0.717) is 0 Å². The number of nitrogens with zero attached hydrogens (tertiary/aromatic N) is 2. The van der Waals surface area contributed by atoms with Crippen LogP contribution in [0, 0.1) is 5.41 Å². The van der Waals surface area contributed by atoms with E-state index in [4.69, 9.17) is 5.41 Å². The van der Waals surface area contributed by atoms with Crippen LogP contribution in [0.3, 0.4) is 0 Å². The predicted molar refractivity (Wildman–Crippen MR) is 58.6 cm³/mol. The van der Waals surface area contributed by atoms with Crippen LogP contribution in [0.5, 0.6) is 0 Å². The Morgan fingerprint density at radius 1 is 1.26 bits per heavy atom. The van der Waals surface area contributed by atoms with Crippen LogP contribution in [0.1, 0.15) is 5.69 Å². The first kappa shape index (κ1) is 15.0. The van der Waals surface area contributed by atoms with Gasteiger partial charge < -0.3 is 5.32 Å². The molecule has 0 aromatic carbocycles. The van der Waals surface area contributed by atoms with E-state index in [1.54, 1.807) is 0 Å². The lowest BCUT2D eigenvalue weighted by Gasteiger charge is -2.18. The molecule has 1 aromatic rings. The maximum atomic E-state index is 12.8. The minimum atomic E-state index is -5.86. The first-order valence-electron chi connectivity index (χ1n) is 4.91. The molecule has 0 saturated heterocycles. The Balaban J connectivity index is 3.10. The van der Waals surface area contributed by atoms with E-state index in [9.17, 15) is 22.0 Å². The third kappa shape index (κ3) is 3.24. The summed E-state index contributed by atoms with van der Waals surface area (Å²) in [5.41, 5.74) is 0.0488. The summed E-state index contributed by atoms with van der Waals surface area (Å²) in [7, 11) is 1.27. The molecule has 1 aromatic heterocycles. The van der Waals surface area contributed by atoms with Gasteiger partial charge in [-0.2, -0.15) is 22.0 Å². The van der Waals surface area contributed by atoms with Crippen molar-refractivity contribution in [3.8, 4) is 0 Å². The van der Waals surface area contributed by atoms with Gasteiger partial charge in [0.1, 0.15) is 5.69 Å². The number of rotatable bonds is 2. The molecule has 0 fully saturated rings. The summed E-state index contributed by atoms with van der Waals surface area (Å²) in [5.74, 6) is -7.77. The SMILES string of the molecule is CN/C(=N\C(=N)C(F)(F)C(F)(F)F)c1ccccn1. The van der Waals surface area contributed by atoms with Crippen molar-refractivity contribution in [1.29, 1.82) is 5.41 Å². The van der Waals surface area contributed by atoms with E-state index in [1.165, 1.54) is 31.4 Å². The van der Waals surface area contributed by atoms with Gasteiger partial charge in [-0.25, -0.2) is 4.99 Å². The van der Waals surface area contributed by atoms with E-state index < -0.39 is 17.9 Å². The molecule has 2 N–H and O–H groups in total. The standard InChI is InChI=1S/C10H9F5N4/c1-17-7(6-4-2-3-5-18-6)19-8(16)9(11,12)10(13,14)15/h2-5H,1H3,(H2,16,17,19). The van der Waals surface area contributed by atoms with Crippen LogP contribution in [0.15, 0.2) is 29.4 Å². The molecular weight excluding hydrogens is 271 g/mol. The molecule has 19 heavy (non-hydrogen) atoms. The van der Waals surface area contributed by atoms with Crippen LogP contribution in [-0.2, 0) is 0 Å². The van der Waals surface area contributed by atoms with Crippen molar-refractivity contribution in [2.75, 3.05) is 7.05 Å². The van der Waals surface area contributed by atoms with Gasteiger partial charge in [-0.15, -0.1) is 0 Å². The number of amidine groups is 2. The van der Waals surface area contributed by atoms with Gasteiger partial charge in [0.2, 0.25) is 5.84 Å². The molecular formula is C10H9F5N4. The van der Waals surface area contributed by atoms with Crippen molar-refractivity contribution in [1.82, 2.24) is 10.3 Å². The monoisotopic (exact) mass is 280 g/mol. The lowest BCUT2D eigenvalue weighted by atomic mass is 10.3. The summed E-state index contributed by atoms with van der Waals surface area (Å²) in [5, 5.41) is 9.12. The van der Waals surface area contributed by atoms with Crippen molar-refractivity contribution >= 4 is 11.7 Å². The Morgan fingerprint density at radius 2 is 1.89 bits per heavy atom. The number of nitrogens with one attached hydrogen (secondary N) is 2. The summed E-state index contributed by atoms with van der Waals surface area (Å²) in [4.78, 5) is 6.69. The van der Waals surface area contributed by atoms with Gasteiger partial charge in [0.25, 0.3) is 0 Å². The van der Waals surface area contributed by atoms with E-state index in [0.717, 1.165) is 0 Å². The third-order valence-electron chi connectivity index (χ3n) is 2.02. The van der Waals surface area contributed by atoms with Gasteiger partial charge in [0, 0.05) is 13.2 Å². The van der Waals surface area contributed by atoms with E-state index in [1.807, 2.05) is 0 Å². The fourth-order valence-electron chi connectivity index (χ4n) is 1.06. The largest absolute Gasteiger partial charge is 0.461 e. The average Bonchev–Trinajstić information content (AvgIpc) is 2.35. The van der Waals surface area contributed by atoms with Gasteiger partial charge in [-0.1, -0.05) is 6.07 Å². The molecule has 1 heterocycles. The normalized spacial score (nSPS) is 13.3. The molecule has 0 amide bonds. The first-order valence-corrected chi connectivity index (χ1v) is 4.91. The molecule has 4 nitrogen and oxygen atoms in total. The Kier molecular flexibility index (Phi) is 4.17. The molecule has 0 aliphatic heterocycles. The molecule has 104 valence electrons. The summed E-state index contributed by atoms with van der Waals surface area (Å²) in [6.07, 6.45) is -4.55. The number of aliphatic imine (C=N–C) groups is 1. The Hall–Kier alpha value is -2.06. The van der Waals surface area contributed by atoms with Crippen LogP contribution in [0.2, 0.25) is 0 Å². The Bertz CT molecular complexity index is 480. The van der Waals surface area contributed by atoms with Crippen molar-refractivity contribution in [2.24, 2.45) is 4.99 Å². The molecule has 9 heteroatoms. The summed E-state index contributed by atoms with van der Waals surface area (Å²) in [6, 6.07) is 4.39.